The number of aryl methyl sites for hydroxylation is 2. The fourth-order valence-corrected chi connectivity index (χ4v) is 3.53. The van der Waals surface area contributed by atoms with Gasteiger partial charge in [0.1, 0.15) is 0 Å². The lowest BCUT2D eigenvalue weighted by atomic mass is 9.98. The Hall–Kier alpha value is -1.40. The molecule has 1 unspecified atom stereocenters. The monoisotopic (exact) mass is 313 g/mol. The third-order valence-corrected chi connectivity index (χ3v) is 4.82. The molecule has 0 aliphatic heterocycles. The molecule has 0 heterocycles. The zero-order chi connectivity index (χ0) is 16.2. The van der Waals surface area contributed by atoms with Crippen molar-refractivity contribution < 1.29 is 18.3 Å². The molecule has 0 saturated carbocycles. The Labute approximate surface area is 126 Å². The number of benzene rings is 1. The minimum atomic E-state index is -3.69. The van der Waals surface area contributed by atoms with Gasteiger partial charge in [0.15, 0.2) is 0 Å². The number of hydrogen-bond acceptors (Lipinski definition) is 3. The van der Waals surface area contributed by atoms with Crippen molar-refractivity contribution in [3.05, 3.63) is 29.3 Å². The van der Waals surface area contributed by atoms with Crippen molar-refractivity contribution in [2.24, 2.45) is 11.8 Å². The van der Waals surface area contributed by atoms with Crippen LogP contribution in [0.3, 0.4) is 0 Å². The molecular weight excluding hydrogens is 290 g/mol. The average Bonchev–Trinajstić information content (AvgIpc) is 2.36. The number of aliphatic carboxylic acids is 1. The topological polar surface area (TPSA) is 83.5 Å². The zero-order valence-corrected chi connectivity index (χ0v) is 13.7. The van der Waals surface area contributed by atoms with E-state index in [1.54, 1.807) is 19.1 Å². The maximum Gasteiger partial charge on any atom is 0.307 e. The highest BCUT2D eigenvalue weighted by Gasteiger charge is 2.23. The van der Waals surface area contributed by atoms with Gasteiger partial charge in [0.05, 0.1) is 10.8 Å². The highest BCUT2D eigenvalue weighted by atomic mass is 32.2. The molecule has 2 N–H and O–H groups in total. The van der Waals surface area contributed by atoms with E-state index in [1.807, 2.05) is 26.8 Å². The van der Waals surface area contributed by atoms with Crippen LogP contribution in [0.5, 0.6) is 0 Å². The number of carbonyl (C=O) groups is 1. The van der Waals surface area contributed by atoms with E-state index in [9.17, 15) is 13.2 Å². The van der Waals surface area contributed by atoms with E-state index in [0.29, 0.717) is 12.0 Å². The Bertz CT molecular complexity index is 608. The summed E-state index contributed by atoms with van der Waals surface area (Å²) in [4.78, 5) is 11.4. The second-order valence-electron chi connectivity index (χ2n) is 5.79. The molecule has 0 aliphatic carbocycles. The number of nitrogens with one attached hydrogen (secondary N) is 1. The molecule has 0 saturated heterocycles. The summed E-state index contributed by atoms with van der Waals surface area (Å²) >= 11 is 0. The second-order valence-corrected chi connectivity index (χ2v) is 7.52. The number of carboxylic acids is 1. The van der Waals surface area contributed by atoms with Crippen molar-refractivity contribution in [1.29, 1.82) is 0 Å². The molecule has 0 fully saturated rings. The van der Waals surface area contributed by atoms with Gasteiger partial charge in [-0.2, -0.15) is 0 Å². The smallest absolute Gasteiger partial charge is 0.307 e. The maximum absolute atomic E-state index is 12.3. The summed E-state index contributed by atoms with van der Waals surface area (Å²) in [5.74, 6) is -1.51. The van der Waals surface area contributed by atoms with Gasteiger partial charge in [-0.25, -0.2) is 13.1 Å². The third kappa shape index (κ3) is 5.13. The third-order valence-electron chi connectivity index (χ3n) is 3.26. The van der Waals surface area contributed by atoms with Crippen LogP contribution in [0.2, 0.25) is 0 Å². The van der Waals surface area contributed by atoms with E-state index in [2.05, 4.69) is 4.72 Å². The highest BCUT2D eigenvalue weighted by molar-refractivity contribution is 7.89. The summed E-state index contributed by atoms with van der Waals surface area (Å²) in [5, 5.41) is 9.15. The molecule has 21 heavy (non-hydrogen) atoms. The van der Waals surface area contributed by atoms with Crippen LogP contribution in [0.15, 0.2) is 23.1 Å². The van der Waals surface area contributed by atoms with Gasteiger partial charge < -0.3 is 5.11 Å². The molecule has 0 bridgehead atoms. The van der Waals surface area contributed by atoms with Gasteiger partial charge in [-0.1, -0.05) is 26.0 Å². The van der Waals surface area contributed by atoms with Crippen LogP contribution in [0.1, 0.15) is 31.4 Å². The van der Waals surface area contributed by atoms with Crippen LogP contribution < -0.4 is 4.72 Å². The van der Waals surface area contributed by atoms with Gasteiger partial charge in [0, 0.05) is 6.54 Å². The molecular formula is C15H23NO4S. The van der Waals surface area contributed by atoms with Crippen molar-refractivity contribution in [1.82, 2.24) is 4.72 Å². The first-order valence-electron chi connectivity index (χ1n) is 6.93. The Morgan fingerprint density at radius 2 is 1.90 bits per heavy atom. The molecule has 1 aromatic carbocycles. The standard InChI is InChI=1S/C15H23NO4S/c1-10(2)7-13(15(17)18)9-16-21(19,20)14-8-11(3)5-6-12(14)4/h5-6,8,10,13,16H,7,9H2,1-4H3,(H,17,18). The fourth-order valence-electron chi connectivity index (χ4n) is 2.13. The Kier molecular flexibility index (Phi) is 5.92. The van der Waals surface area contributed by atoms with Gasteiger partial charge in [-0.15, -0.1) is 0 Å². The van der Waals surface area contributed by atoms with Crippen LogP contribution in [0.4, 0.5) is 0 Å². The predicted molar refractivity (Wildman–Crippen MR) is 81.7 cm³/mol. The van der Waals surface area contributed by atoms with E-state index in [0.717, 1.165) is 5.56 Å². The first-order valence-corrected chi connectivity index (χ1v) is 8.41. The Morgan fingerprint density at radius 3 is 2.43 bits per heavy atom. The largest absolute Gasteiger partial charge is 0.481 e. The van der Waals surface area contributed by atoms with Crippen molar-refractivity contribution in [3.63, 3.8) is 0 Å². The van der Waals surface area contributed by atoms with Crippen LogP contribution in [-0.4, -0.2) is 26.0 Å². The number of sulfonamides is 1. The number of hydrogen-bond donors (Lipinski definition) is 2. The summed E-state index contributed by atoms with van der Waals surface area (Å²) in [5.41, 5.74) is 1.49. The summed E-state index contributed by atoms with van der Waals surface area (Å²) < 4.78 is 27.0. The normalized spacial score (nSPS) is 13.4. The molecule has 1 aromatic rings. The highest BCUT2D eigenvalue weighted by Crippen LogP contribution is 2.18. The molecule has 0 spiro atoms. The van der Waals surface area contributed by atoms with Gasteiger partial charge in [-0.05, 0) is 43.4 Å². The maximum atomic E-state index is 12.3. The Balaban J connectivity index is 2.89. The summed E-state index contributed by atoms with van der Waals surface area (Å²) in [6.45, 7) is 7.27. The first kappa shape index (κ1) is 17.7. The summed E-state index contributed by atoms with van der Waals surface area (Å²) in [6, 6.07) is 5.18. The quantitative estimate of drug-likeness (QED) is 0.809. The van der Waals surface area contributed by atoms with E-state index in [4.69, 9.17) is 5.11 Å². The summed E-state index contributed by atoms with van der Waals surface area (Å²) in [7, 11) is -3.69. The van der Waals surface area contributed by atoms with Crippen molar-refractivity contribution in [2.45, 2.75) is 39.0 Å². The average molecular weight is 313 g/mol. The molecule has 1 atom stereocenters. The van der Waals surface area contributed by atoms with Gasteiger partial charge in [-0.3, -0.25) is 4.79 Å². The van der Waals surface area contributed by atoms with E-state index in [1.165, 1.54) is 0 Å². The van der Waals surface area contributed by atoms with Crippen LogP contribution >= 0.6 is 0 Å². The lowest BCUT2D eigenvalue weighted by Gasteiger charge is -2.16. The van der Waals surface area contributed by atoms with Gasteiger partial charge >= 0.3 is 5.97 Å². The fraction of sp³-hybridized carbons (Fsp3) is 0.533. The lowest BCUT2D eigenvalue weighted by molar-refractivity contribution is -0.142. The van der Waals surface area contributed by atoms with E-state index in [-0.39, 0.29) is 17.4 Å². The zero-order valence-electron chi connectivity index (χ0n) is 12.9. The van der Waals surface area contributed by atoms with Crippen LogP contribution in [0.25, 0.3) is 0 Å². The molecule has 0 aromatic heterocycles. The molecule has 0 radical (unpaired) electrons. The van der Waals surface area contributed by atoms with Gasteiger partial charge in [0.2, 0.25) is 10.0 Å². The molecule has 0 amide bonds. The molecule has 1 rings (SSSR count). The minimum Gasteiger partial charge on any atom is -0.481 e. The van der Waals surface area contributed by atoms with Crippen LogP contribution in [-0.2, 0) is 14.8 Å². The van der Waals surface area contributed by atoms with Gasteiger partial charge in [0.25, 0.3) is 0 Å². The first-order chi connectivity index (χ1) is 9.63. The molecule has 5 nitrogen and oxygen atoms in total. The SMILES string of the molecule is Cc1ccc(C)c(S(=O)(=O)NCC(CC(C)C)C(=O)O)c1. The van der Waals surface area contributed by atoms with E-state index >= 15 is 0 Å². The minimum absolute atomic E-state index is 0.0940. The molecule has 0 aliphatic rings. The molecule has 6 heteroatoms. The summed E-state index contributed by atoms with van der Waals surface area (Å²) in [6.07, 6.45) is 0.435. The Morgan fingerprint density at radius 1 is 1.29 bits per heavy atom. The van der Waals surface area contributed by atoms with Crippen molar-refractivity contribution in [3.8, 4) is 0 Å². The lowest BCUT2D eigenvalue weighted by Crippen LogP contribution is -2.34. The molecule has 118 valence electrons. The van der Waals surface area contributed by atoms with Crippen molar-refractivity contribution >= 4 is 16.0 Å². The number of carboxylic acid groups (broad SMARTS) is 1. The second kappa shape index (κ2) is 7.04. The van der Waals surface area contributed by atoms with E-state index < -0.39 is 21.9 Å². The van der Waals surface area contributed by atoms with Crippen molar-refractivity contribution in [2.75, 3.05) is 6.54 Å². The predicted octanol–water partition coefficient (Wildman–Crippen LogP) is 2.33. The number of rotatable bonds is 7. The van der Waals surface area contributed by atoms with Crippen LogP contribution in [0, 0.1) is 25.7 Å².